The Kier molecular flexibility index (Phi) is 3.31. The summed E-state index contributed by atoms with van der Waals surface area (Å²) in [7, 11) is 0. The van der Waals surface area contributed by atoms with Gasteiger partial charge in [0.15, 0.2) is 0 Å². The largest absolute Gasteiger partial charge is 0.396 e. The number of aryl methyl sites for hydroxylation is 1. The van der Waals surface area contributed by atoms with Gasteiger partial charge in [-0.1, -0.05) is 12.1 Å². The Labute approximate surface area is 72.1 Å². The maximum Gasteiger partial charge on any atom is 0.0991 e. The summed E-state index contributed by atoms with van der Waals surface area (Å²) in [5.74, 6) is 0. The van der Waals surface area contributed by atoms with E-state index in [1.165, 1.54) is 5.56 Å². The highest BCUT2D eigenvalue weighted by atomic mass is 16.2. The van der Waals surface area contributed by atoms with Gasteiger partial charge >= 0.3 is 0 Å². The maximum absolute atomic E-state index is 8.58. The summed E-state index contributed by atoms with van der Waals surface area (Å²) >= 11 is 0. The zero-order chi connectivity index (χ0) is 8.81. The van der Waals surface area contributed by atoms with Gasteiger partial charge < -0.3 is 5.11 Å². The fourth-order valence-corrected chi connectivity index (χ4v) is 1.03. The Balaban J connectivity index is 2.60. The average molecular weight is 161 g/mol. The van der Waals surface area contributed by atoms with Crippen LogP contribution in [0.25, 0.3) is 0 Å². The van der Waals surface area contributed by atoms with Crippen LogP contribution in [0.15, 0.2) is 24.3 Å². The van der Waals surface area contributed by atoms with E-state index in [-0.39, 0.29) is 6.61 Å². The molecule has 0 aliphatic rings. The summed E-state index contributed by atoms with van der Waals surface area (Å²) in [6.07, 6.45) is 1.66. The van der Waals surface area contributed by atoms with Crippen molar-refractivity contribution in [2.75, 3.05) is 6.61 Å². The molecule has 0 bridgehead atoms. The molecular weight excluding hydrogens is 150 g/mol. The third-order valence-corrected chi connectivity index (χ3v) is 1.71. The lowest BCUT2D eigenvalue weighted by atomic mass is 10.1. The molecule has 0 saturated carbocycles. The Morgan fingerprint density at radius 3 is 2.42 bits per heavy atom. The number of nitrogens with zero attached hydrogens (tertiary/aromatic N) is 1. The number of aliphatic hydroxyl groups excluding tert-OH is 1. The van der Waals surface area contributed by atoms with Crippen LogP contribution in [0.5, 0.6) is 0 Å². The lowest BCUT2D eigenvalue weighted by Gasteiger charge is -1.97. The van der Waals surface area contributed by atoms with Gasteiger partial charge in [0.1, 0.15) is 0 Å². The van der Waals surface area contributed by atoms with Crippen molar-refractivity contribution < 1.29 is 5.11 Å². The Bertz CT molecular complexity index is 271. The van der Waals surface area contributed by atoms with E-state index in [1.807, 2.05) is 12.1 Å². The SMILES string of the molecule is N#Cc1ccc(CCCO)cc1. The summed E-state index contributed by atoms with van der Waals surface area (Å²) in [4.78, 5) is 0. The predicted octanol–water partition coefficient (Wildman–Crippen LogP) is 1.48. The smallest absolute Gasteiger partial charge is 0.0991 e. The van der Waals surface area contributed by atoms with Gasteiger partial charge in [0.05, 0.1) is 11.6 Å². The Hall–Kier alpha value is -1.33. The highest BCUT2D eigenvalue weighted by Crippen LogP contribution is 2.05. The molecule has 0 saturated heterocycles. The van der Waals surface area contributed by atoms with E-state index in [2.05, 4.69) is 6.07 Å². The zero-order valence-electron chi connectivity index (χ0n) is 6.83. The number of aliphatic hydroxyl groups is 1. The van der Waals surface area contributed by atoms with Crippen molar-refractivity contribution in [3.8, 4) is 6.07 Å². The van der Waals surface area contributed by atoms with Crippen LogP contribution in [0.4, 0.5) is 0 Å². The van der Waals surface area contributed by atoms with E-state index in [4.69, 9.17) is 10.4 Å². The van der Waals surface area contributed by atoms with Crippen molar-refractivity contribution in [1.82, 2.24) is 0 Å². The number of benzene rings is 1. The van der Waals surface area contributed by atoms with Crippen molar-refractivity contribution in [3.63, 3.8) is 0 Å². The third-order valence-electron chi connectivity index (χ3n) is 1.71. The maximum atomic E-state index is 8.58. The summed E-state index contributed by atoms with van der Waals surface area (Å²) in [6.45, 7) is 0.222. The van der Waals surface area contributed by atoms with Crippen molar-refractivity contribution in [2.45, 2.75) is 12.8 Å². The highest BCUT2D eigenvalue weighted by Gasteiger charge is 1.92. The lowest BCUT2D eigenvalue weighted by Crippen LogP contribution is -1.88. The molecule has 0 atom stereocenters. The molecule has 12 heavy (non-hydrogen) atoms. The predicted molar refractivity (Wildman–Crippen MR) is 46.6 cm³/mol. The van der Waals surface area contributed by atoms with Gasteiger partial charge in [0.25, 0.3) is 0 Å². The molecule has 1 rings (SSSR count). The van der Waals surface area contributed by atoms with Crippen molar-refractivity contribution in [2.24, 2.45) is 0 Å². The van der Waals surface area contributed by atoms with E-state index in [1.54, 1.807) is 12.1 Å². The Morgan fingerprint density at radius 1 is 1.25 bits per heavy atom. The second-order valence-electron chi connectivity index (χ2n) is 2.64. The lowest BCUT2D eigenvalue weighted by molar-refractivity contribution is 0.288. The van der Waals surface area contributed by atoms with Crippen molar-refractivity contribution in [1.29, 1.82) is 5.26 Å². The van der Waals surface area contributed by atoms with Crippen LogP contribution in [-0.2, 0) is 6.42 Å². The number of nitriles is 1. The van der Waals surface area contributed by atoms with Gasteiger partial charge in [0.2, 0.25) is 0 Å². The highest BCUT2D eigenvalue weighted by molar-refractivity contribution is 5.31. The molecule has 0 heterocycles. The number of rotatable bonds is 3. The molecule has 2 nitrogen and oxygen atoms in total. The van der Waals surface area contributed by atoms with Gasteiger partial charge in [-0.05, 0) is 30.5 Å². The van der Waals surface area contributed by atoms with Crippen LogP contribution in [0.1, 0.15) is 17.5 Å². The summed E-state index contributed by atoms with van der Waals surface area (Å²) in [5.41, 5.74) is 1.85. The zero-order valence-corrected chi connectivity index (χ0v) is 6.83. The summed E-state index contributed by atoms with van der Waals surface area (Å²) in [5, 5.41) is 17.1. The summed E-state index contributed by atoms with van der Waals surface area (Å²) in [6, 6.07) is 9.51. The van der Waals surface area contributed by atoms with Gasteiger partial charge in [0, 0.05) is 6.61 Å². The quantitative estimate of drug-likeness (QED) is 0.729. The second-order valence-corrected chi connectivity index (χ2v) is 2.64. The van der Waals surface area contributed by atoms with E-state index < -0.39 is 0 Å². The topological polar surface area (TPSA) is 44.0 Å². The van der Waals surface area contributed by atoms with Crippen LogP contribution in [0, 0.1) is 11.3 Å². The molecule has 0 fully saturated rings. The van der Waals surface area contributed by atoms with Crippen molar-refractivity contribution in [3.05, 3.63) is 35.4 Å². The molecule has 0 unspecified atom stereocenters. The van der Waals surface area contributed by atoms with Crippen molar-refractivity contribution >= 4 is 0 Å². The van der Waals surface area contributed by atoms with Gasteiger partial charge in [-0.25, -0.2) is 0 Å². The monoisotopic (exact) mass is 161 g/mol. The molecule has 62 valence electrons. The first-order valence-corrected chi connectivity index (χ1v) is 3.96. The van der Waals surface area contributed by atoms with E-state index in [0.717, 1.165) is 12.8 Å². The van der Waals surface area contributed by atoms with Gasteiger partial charge in [-0.3, -0.25) is 0 Å². The number of hydrogen-bond donors (Lipinski definition) is 1. The van der Waals surface area contributed by atoms with Crippen LogP contribution in [-0.4, -0.2) is 11.7 Å². The fourth-order valence-electron chi connectivity index (χ4n) is 1.03. The molecule has 0 aromatic heterocycles. The molecule has 0 amide bonds. The van der Waals surface area contributed by atoms with E-state index >= 15 is 0 Å². The van der Waals surface area contributed by atoms with Gasteiger partial charge in [-0.2, -0.15) is 5.26 Å². The minimum atomic E-state index is 0.222. The molecule has 0 aliphatic heterocycles. The molecule has 0 spiro atoms. The third kappa shape index (κ3) is 2.37. The molecule has 1 aromatic rings. The molecule has 1 aromatic carbocycles. The van der Waals surface area contributed by atoms with Crippen LogP contribution < -0.4 is 0 Å². The average Bonchev–Trinajstić information content (AvgIpc) is 2.15. The fraction of sp³-hybridized carbons (Fsp3) is 0.300. The second kappa shape index (κ2) is 4.53. The normalized spacial score (nSPS) is 9.33. The van der Waals surface area contributed by atoms with Crippen LogP contribution in [0.2, 0.25) is 0 Å². The molecule has 0 radical (unpaired) electrons. The first kappa shape index (κ1) is 8.76. The first-order valence-electron chi connectivity index (χ1n) is 3.96. The van der Waals surface area contributed by atoms with Crippen LogP contribution >= 0.6 is 0 Å². The minimum Gasteiger partial charge on any atom is -0.396 e. The standard InChI is InChI=1S/C10H11NO/c11-8-10-5-3-9(4-6-10)2-1-7-12/h3-6,12H,1-2,7H2. The molecule has 2 heteroatoms. The number of hydrogen-bond acceptors (Lipinski definition) is 2. The van der Waals surface area contributed by atoms with Crippen LogP contribution in [0.3, 0.4) is 0 Å². The minimum absolute atomic E-state index is 0.222. The van der Waals surface area contributed by atoms with E-state index in [9.17, 15) is 0 Å². The molecule has 1 N–H and O–H groups in total. The molecule has 0 aliphatic carbocycles. The first-order chi connectivity index (χ1) is 5.86. The Morgan fingerprint density at radius 2 is 1.92 bits per heavy atom. The van der Waals surface area contributed by atoms with E-state index in [0.29, 0.717) is 5.56 Å². The van der Waals surface area contributed by atoms with Gasteiger partial charge in [-0.15, -0.1) is 0 Å². The summed E-state index contributed by atoms with van der Waals surface area (Å²) < 4.78 is 0. The molecular formula is C10H11NO.